The highest BCUT2D eigenvalue weighted by Crippen LogP contribution is 2.43. The van der Waals surface area contributed by atoms with Gasteiger partial charge < -0.3 is 19.4 Å². The zero-order valence-corrected chi connectivity index (χ0v) is 18.5. The normalized spacial score (nSPS) is 23.0. The fourth-order valence-electron chi connectivity index (χ4n) is 5.09. The molecular formula is C25H22ClFN2O4. The van der Waals surface area contributed by atoms with Crippen LogP contribution in [0.25, 0.3) is 22.1 Å². The molecule has 3 aliphatic rings. The third kappa shape index (κ3) is 3.69. The van der Waals surface area contributed by atoms with Gasteiger partial charge in [0.2, 0.25) is 0 Å². The molecule has 2 aromatic carbocycles. The van der Waals surface area contributed by atoms with Gasteiger partial charge in [-0.2, -0.15) is 0 Å². The molecule has 0 radical (unpaired) electrons. The lowest BCUT2D eigenvalue weighted by Gasteiger charge is -2.35. The topological polar surface area (TPSA) is 71.8 Å². The van der Waals surface area contributed by atoms with Crippen LogP contribution in [-0.4, -0.2) is 41.6 Å². The van der Waals surface area contributed by atoms with Crippen LogP contribution in [-0.2, 0) is 4.79 Å². The van der Waals surface area contributed by atoms with Gasteiger partial charge in [0.1, 0.15) is 17.1 Å². The number of fused-ring (bicyclic) bond motifs is 3. The minimum absolute atomic E-state index is 0.0364. The fourth-order valence-corrected chi connectivity index (χ4v) is 5.36. The van der Waals surface area contributed by atoms with Gasteiger partial charge in [-0.1, -0.05) is 11.6 Å². The lowest BCUT2D eigenvalue weighted by Crippen LogP contribution is -2.56. The molecule has 33 heavy (non-hydrogen) atoms. The summed E-state index contributed by atoms with van der Waals surface area (Å²) in [6.07, 6.45) is 3.54. The molecule has 2 unspecified atom stereocenters. The molecule has 1 amide bonds. The molecule has 8 heteroatoms. The molecule has 3 fully saturated rings. The standard InChI is InChI=1S/C25H22ClFN2O4/c26-21-9-14(27)1-5-18(21)20-11-23(30)32-22-10-17(4-6-19(20)22)33-25(7-8-25)24(31)29-12-15-2-3-16(13-29)28-15/h1,4-6,9-11,15-16,28H,2-3,7-8,12-13H2. The van der Waals surface area contributed by atoms with Crippen LogP contribution in [0.5, 0.6) is 5.75 Å². The summed E-state index contributed by atoms with van der Waals surface area (Å²) in [4.78, 5) is 27.5. The number of ether oxygens (including phenoxy) is 1. The largest absolute Gasteiger partial charge is 0.477 e. The summed E-state index contributed by atoms with van der Waals surface area (Å²) >= 11 is 6.23. The lowest BCUT2D eigenvalue weighted by molar-refractivity contribution is -0.142. The predicted molar refractivity (Wildman–Crippen MR) is 122 cm³/mol. The number of hydrogen-bond donors (Lipinski definition) is 1. The molecule has 2 bridgehead atoms. The number of halogens is 2. The smallest absolute Gasteiger partial charge is 0.336 e. The van der Waals surface area contributed by atoms with Gasteiger partial charge in [-0.3, -0.25) is 4.79 Å². The van der Waals surface area contributed by atoms with Crippen LogP contribution in [0.1, 0.15) is 25.7 Å². The number of hydrogen-bond acceptors (Lipinski definition) is 5. The van der Waals surface area contributed by atoms with Crippen LogP contribution in [0.4, 0.5) is 4.39 Å². The van der Waals surface area contributed by atoms with Gasteiger partial charge >= 0.3 is 5.63 Å². The van der Waals surface area contributed by atoms with Gasteiger partial charge in [0, 0.05) is 66.7 Å². The minimum Gasteiger partial charge on any atom is -0.477 e. The Hall–Kier alpha value is -2.90. The van der Waals surface area contributed by atoms with E-state index in [1.165, 1.54) is 24.3 Å². The number of benzene rings is 2. The maximum Gasteiger partial charge on any atom is 0.336 e. The summed E-state index contributed by atoms with van der Waals surface area (Å²) in [5.74, 6) is 0.0508. The van der Waals surface area contributed by atoms with Gasteiger partial charge in [0.25, 0.3) is 5.91 Å². The van der Waals surface area contributed by atoms with E-state index < -0.39 is 17.0 Å². The number of rotatable bonds is 4. The van der Waals surface area contributed by atoms with Crippen molar-refractivity contribution in [3.8, 4) is 16.9 Å². The minimum atomic E-state index is -0.845. The van der Waals surface area contributed by atoms with E-state index in [9.17, 15) is 14.0 Å². The molecule has 1 aliphatic carbocycles. The third-order valence-electron chi connectivity index (χ3n) is 6.85. The number of nitrogens with zero attached hydrogens (tertiary/aromatic N) is 1. The van der Waals surface area contributed by atoms with Crippen LogP contribution >= 0.6 is 11.6 Å². The number of amides is 1. The van der Waals surface area contributed by atoms with Crippen LogP contribution in [0.3, 0.4) is 0 Å². The van der Waals surface area contributed by atoms with E-state index in [0.717, 1.165) is 25.9 Å². The Labute approximate surface area is 194 Å². The van der Waals surface area contributed by atoms with Crippen LogP contribution in [0.2, 0.25) is 5.02 Å². The Bertz CT molecular complexity index is 1320. The van der Waals surface area contributed by atoms with Gasteiger partial charge in [-0.15, -0.1) is 0 Å². The average molecular weight is 469 g/mol. The Morgan fingerprint density at radius 3 is 2.55 bits per heavy atom. The summed E-state index contributed by atoms with van der Waals surface area (Å²) in [6.45, 7) is 1.43. The van der Waals surface area contributed by atoms with Gasteiger partial charge in [0.15, 0.2) is 5.60 Å². The van der Waals surface area contributed by atoms with Gasteiger partial charge in [-0.25, -0.2) is 9.18 Å². The monoisotopic (exact) mass is 468 g/mol. The van der Waals surface area contributed by atoms with Crippen molar-refractivity contribution in [1.82, 2.24) is 10.2 Å². The van der Waals surface area contributed by atoms with E-state index in [0.29, 0.717) is 52.8 Å². The van der Waals surface area contributed by atoms with E-state index in [2.05, 4.69) is 5.32 Å². The molecule has 3 aromatic rings. The van der Waals surface area contributed by atoms with Crippen LogP contribution < -0.4 is 15.7 Å². The first-order valence-electron chi connectivity index (χ1n) is 11.2. The van der Waals surface area contributed by atoms with Gasteiger partial charge in [0.05, 0.1) is 5.02 Å². The number of piperazine rings is 1. The van der Waals surface area contributed by atoms with Crippen molar-refractivity contribution < 1.29 is 18.3 Å². The van der Waals surface area contributed by atoms with Crippen LogP contribution in [0.15, 0.2) is 51.7 Å². The maximum atomic E-state index is 13.5. The first kappa shape index (κ1) is 20.7. The highest BCUT2D eigenvalue weighted by Gasteiger charge is 2.56. The molecular weight excluding hydrogens is 447 g/mol. The molecule has 3 heterocycles. The van der Waals surface area contributed by atoms with Crippen molar-refractivity contribution in [2.24, 2.45) is 0 Å². The second kappa shape index (κ2) is 7.57. The summed E-state index contributed by atoms with van der Waals surface area (Å²) in [5, 5.41) is 4.39. The molecule has 0 spiro atoms. The van der Waals surface area contributed by atoms with E-state index in [1.54, 1.807) is 18.2 Å². The lowest BCUT2D eigenvalue weighted by atomic mass is 10.0. The molecule has 2 saturated heterocycles. The summed E-state index contributed by atoms with van der Waals surface area (Å²) in [6, 6.07) is 11.3. The second-order valence-corrected chi connectivity index (χ2v) is 9.61. The SMILES string of the molecule is O=C(N1CC2CCC(C1)N2)C1(Oc2ccc3c(-c4ccc(F)cc4Cl)cc(=O)oc3c2)CC1. The van der Waals surface area contributed by atoms with Crippen LogP contribution in [0, 0.1) is 5.82 Å². The van der Waals surface area contributed by atoms with Crippen molar-refractivity contribution >= 4 is 28.5 Å². The molecule has 1 N–H and O–H groups in total. The fraction of sp³-hybridized carbons (Fsp3) is 0.360. The zero-order valence-electron chi connectivity index (χ0n) is 17.8. The number of nitrogens with one attached hydrogen (secondary N) is 1. The quantitative estimate of drug-likeness (QED) is 0.583. The van der Waals surface area contributed by atoms with Crippen molar-refractivity contribution in [2.75, 3.05) is 13.1 Å². The summed E-state index contributed by atoms with van der Waals surface area (Å²) < 4.78 is 25.1. The van der Waals surface area contributed by atoms with E-state index in [-0.39, 0.29) is 10.9 Å². The Morgan fingerprint density at radius 2 is 1.85 bits per heavy atom. The predicted octanol–water partition coefficient (Wildman–Crippen LogP) is 4.13. The number of likely N-dealkylation sites (tertiary alicyclic amines) is 1. The molecule has 170 valence electrons. The van der Waals surface area contributed by atoms with E-state index in [4.69, 9.17) is 20.8 Å². The number of carbonyl (C=O) groups is 1. The molecule has 1 saturated carbocycles. The molecule has 2 aliphatic heterocycles. The Balaban J connectivity index is 1.31. The van der Waals surface area contributed by atoms with Gasteiger partial charge in [-0.05, 0) is 43.2 Å². The Morgan fingerprint density at radius 1 is 1.09 bits per heavy atom. The van der Waals surface area contributed by atoms with Crippen molar-refractivity contribution in [2.45, 2.75) is 43.4 Å². The molecule has 6 rings (SSSR count). The highest BCUT2D eigenvalue weighted by atomic mass is 35.5. The molecule has 6 nitrogen and oxygen atoms in total. The third-order valence-corrected chi connectivity index (χ3v) is 7.16. The second-order valence-electron chi connectivity index (χ2n) is 9.21. The van der Waals surface area contributed by atoms with Crippen molar-refractivity contribution in [3.05, 3.63) is 63.7 Å². The van der Waals surface area contributed by atoms with Crippen molar-refractivity contribution in [3.63, 3.8) is 0 Å². The number of carbonyl (C=O) groups excluding carboxylic acids is 1. The van der Waals surface area contributed by atoms with E-state index >= 15 is 0 Å². The first-order chi connectivity index (χ1) is 15.9. The zero-order chi connectivity index (χ0) is 22.7. The first-order valence-corrected chi connectivity index (χ1v) is 11.6. The summed E-state index contributed by atoms with van der Waals surface area (Å²) in [5.41, 5.74) is 0.00309. The maximum absolute atomic E-state index is 13.5. The Kier molecular flexibility index (Phi) is 4.74. The summed E-state index contributed by atoms with van der Waals surface area (Å²) in [7, 11) is 0. The van der Waals surface area contributed by atoms with E-state index in [1.807, 2.05) is 4.90 Å². The molecule has 2 atom stereocenters. The highest BCUT2D eigenvalue weighted by molar-refractivity contribution is 6.33. The average Bonchev–Trinajstić information content (AvgIpc) is 3.49. The van der Waals surface area contributed by atoms with Crippen molar-refractivity contribution in [1.29, 1.82) is 0 Å². The molecule has 1 aromatic heterocycles.